The smallest absolute Gasteiger partial charge is 0.322 e. The third kappa shape index (κ3) is 5.64. The van der Waals surface area contributed by atoms with E-state index in [1.807, 2.05) is 0 Å². The van der Waals surface area contributed by atoms with Gasteiger partial charge in [-0.1, -0.05) is 32.6 Å². The number of methoxy groups -OCH3 is 1. The minimum atomic E-state index is -0.154. The van der Waals surface area contributed by atoms with Gasteiger partial charge in [0.05, 0.1) is 7.11 Å². The maximum Gasteiger partial charge on any atom is 0.322 e. The molecule has 0 aromatic heterocycles. The average molecular weight is 187 g/mol. The molecule has 0 aromatic rings. The van der Waals surface area contributed by atoms with Gasteiger partial charge in [0.1, 0.15) is 6.04 Å². The molecular formula is C10H21NO2. The van der Waals surface area contributed by atoms with E-state index in [1.54, 1.807) is 7.05 Å². The van der Waals surface area contributed by atoms with Crippen molar-refractivity contribution in [2.75, 3.05) is 14.2 Å². The number of ether oxygens (including phenoxy) is 1. The van der Waals surface area contributed by atoms with Gasteiger partial charge in [-0.15, -0.1) is 0 Å². The Morgan fingerprint density at radius 2 is 2.08 bits per heavy atom. The molecule has 0 aromatic carbocycles. The quantitative estimate of drug-likeness (QED) is 0.487. The lowest BCUT2D eigenvalue weighted by atomic mass is 10.1. The predicted octanol–water partition coefficient (Wildman–Crippen LogP) is 1.72. The lowest BCUT2D eigenvalue weighted by Crippen LogP contribution is -2.34. The highest BCUT2D eigenvalue weighted by molar-refractivity contribution is 5.75. The summed E-state index contributed by atoms with van der Waals surface area (Å²) in [4.78, 5) is 11.1. The highest BCUT2D eigenvalue weighted by atomic mass is 16.5. The molecule has 0 saturated carbocycles. The molecule has 1 N–H and O–H groups in total. The zero-order chi connectivity index (χ0) is 10.1. The maximum absolute atomic E-state index is 11.1. The number of carbonyl (C=O) groups is 1. The van der Waals surface area contributed by atoms with E-state index in [0.29, 0.717) is 0 Å². The minimum absolute atomic E-state index is 0.123. The largest absolute Gasteiger partial charge is 0.468 e. The second kappa shape index (κ2) is 8.05. The van der Waals surface area contributed by atoms with Crippen molar-refractivity contribution in [3.05, 3.63) is 0 Å². The molecule has 0 aliphatic carbocycles. The summed E-state index contributed by atoms with van der Waals surface area (Å²) in [5, 5.41) is 2.96. The van der Waals surface area contributed by atoms with E-state index in [0.717, 1.165) is 12.8 Å². The summed E-state index contributed by atoms with van der Waals surface area (Å²) < 4.78 is 4.66. The molecule has 78 valence electrons. The van der Waals surface area contributed by atoms with Crippen LogP contribution >= 0.6 is 0 Å². The Balaban J connectivity index is 3.53. The Morgan fingerprint density at radius 3 is 2.54 bits per heavy atom. The predicted molar refractivity (Wildman–Crippen MR) is 53.6 cm³/mol. The molecule has 3 nitrogen and oxygen atoms in total. The summed E-state index contributed by atoms with van der Waals surface area (Å²) >= 11 is 0. The highest BCUT2D eigenvalue weighted by Gasteiger charge is 2.15. The van der Waals surface area contributed by atoms with Crippen molar-refractivity contribution in [1.29, 1.82) is 0 Å². The van der Waals surface area contributed by atoms with E-state index < -0.39 is 0 Å². The second-order valence-electron chi connectivity index (χ2n) is 3.21. The van der Waals surface area contributed by atoms with Crippen molar-refractivity contribution in [3.63, 3.8) is 0 Å². The van der Waals surface area contributed by atoms with Gasteiger partial charge in [-0.2, -0.15) is 0 Å². The highest BCUT2D eigenvalue weighted by Crippen LogP contribution is 2.06. The average Bonchev–Trinajstić information content (AvgIpc) is 2.17. The van der Waals surface area contributed by atoms with Crippen LogP contribution in [-0.2, 0) is 9.53 Å². The Morgan fingerprint density at radius 1 is 1.38 bits per heavy atom. The van der Waals surface area contributed by atoms with E-state index in [-0.39, 0.29) is 12.0 Å². The fraction of sp³-hybridized carbons (Fsp3) is 0.900. The third-order valence-electron chi connectivity index (χ3n) is 2.18. The van der Waals surface area contributed by atoms with Gasteiger partial charge in [0.2, 0.25) is 0 Å². The summed E-state index contributed by atoms with van der Waals surface area (Å²) in [7, 11) is 3.22. The first-order chi connectivity index (χ1) is 6.26. The molecule has 0 aliphatic heterocycles. The van der Waals surface area contributed by atoms with Crippen LogP contribution < -0.4 is 5.32 Å². The van der Waals surface area contributed by atoms with Crippen molar-refractivity contribution in [3.8, 4) is 0 Å². The number of hydrogen-bond acceptors (Lipinski definition) is 3. The first-order valence-corrected chi connectivity index (χ1v) is 5.01. The number of nitrogens with one attached hydrogen (secondary N) is 1. The number of esters is 1. The van der Waals surface area contributed by atoms with Gasteiger partial charge in [-0.05, 0) is 13.5 Å². The van der Waals surface area contributed by atoms with Gasteiger partial charge in [0, 0.05) is 0 Å². The van der Waals surface area contributed by atoms with E-state index in [9.17, 15) is 4.79 Å². The Kier molecular flexibility index (Phi) is 7.69. The normalized spacial score (nSPS) is 12.5. The van der Waals surface area contributed by atoms with Crippen LogP contribution in [0.3, 0.4) is 0 Å². The van der Waals surface area contributed by atoms with Crippen LogP contribution in [0.4, 0.5) is 0 Å². The molecule has 1 atom stereocenters. The van der Waals surface area contributed by atoms with E-state index in [2.05, 4.69) is 17.0 Å². The van der Waals surface area contributed by atoms with Gasteiger partial charge in [-0.25, -0.2) is 0 Å². The van der Waals surface area contributed by atoms with Gasteiger partial charge in [-0.3, -0.25) is 4.79 Å². The van der Waals surface area contributed by atoms with Gasteiger partial charge in [0.25, 0.3) is 0 Å². The molecule has 0 bridgehead atoms. The maximum atomic E-state index is 11.1. The number of carbonyl (C=O) groups excluding carboxylic acids is 1. The molecule has 0 unspecified atom stereocenters. The molecule has 0 heterocycles. The van der Waals surface area contributed by atoms with Gasteiger partial charge >= 0.3 is 5.97 Å². The number of rotatable bonds is 7. The lowest BCUT2D eigenvalue weighted by Gasteiger charge is -2.12. The van der Waals surface area contributed by atoms with Crippen molar-refractivity contribution in [1.82, 2.24) is 5.32 Å². The van der Waals surface area contributed by atoms with Crippen LogP contribution in [0.2, 0.25) is 0 Å². The van der Waals surface area contributed by atoms with Crippen LogP contribution in [-0.4, -0.2) is 26.2 Å². The fourth-order valence-electron chi connectivity index (χ4n) is 1.30. The second-order valence-corrected chi connectivity index (χ2v) is 3.21. The van der Waals surface area contributed by atoms with Crippen molar-refractivity contribution in [2.45, 2.75) is 45.1 Å². The molecule has 0 fully saturated rings. The van der Waals surface area contributed by atoms with Gasteiger partial charge < -0.3 is 10.1 Å². The first kappa shape index (κ1) is 12.4. The van der Waals surface area contributed by atoms with Crippen LogP contribution in [0.15, 0.2) is 0 Å². The summed E-state index contributed by atoms with van der Waals surface area (Å²) in [6.07, 6.45) is 5.64. The zero-order valence-electron chi connectivity index (χ0n) is 8.93. The minimum Gasteiger partial charge on any atom is -0.468 e. The Hall–Kier alpha value is -0.570. The molecule has 13 heavy (non-hydrogen) atoms. The lowest BCUT2D eigenvalue weighted by molar-refractivity contribution is -0.143. The van der Waals surface area contributed by atoms with Crippen LogP contribution in [0, 0.1) is 0 Å². The summed E-state index contributed by atoms with van der Waals surface area (Å²) in [6, 6.07) is -0.123. The molecule has 0 radical (unpaired) electrons. The topological polar surface area (TPSA) is 38.3 Å². The zero-order valence-corrected chi connectivity index (χ0v) is 8.93. The molecule has 0 aliphatic rings. The molecule has 0 saturated heterocycles. The number of unbranched alkanes of at least 4 members (excludes halogenated alkanes) is 3. The Labute approximate surface area is 80.8 Å². The molecule has 3 heteroatoms. The van der Waals surface area contributed by atoms with E-state index in [4.69, 9.17) is 0 Å². The molecular weight excluding hydrogens is 166 g/mol. The van der Waals surface area contributed by atoms with Crippen molar-refractivity contribution < 1.29 is 9.53 Å². The number of hydrogen-bond donors (Lipinski definition) is 1. The number of likely N-dealkylation sites (N-methyl/N-ethyl adjacent to an activating group) is 1. The molecule has 0 rings (SSSR count). The van der Waals surface area contributed by atoms with Crippen LogP contribution in [0.5, 0.6) is 0 Å². The van der Waals surface area contributed by atoms with E-state index in [1.165, 1.54) is 26.4 Å². The van der Waals surface area contributed by atoms with Crippen molar-refractivity contribution >= 4 is 5.97 Å². The van der Waals surface area contributed by atoms with Gasteiger partial charge in [0.15, 0.2) is 0 Å². The SMILES string of the molecule is CCCCCC[C@H](NC)C(=O)OC. The standard InChI is InChI=1S/C10H21NO2/c1-4-5-6-7-8-9(11-2)10(12)13-3/h9,11H,4-8H2,1-3H3/t9-/m0/s1. The van der Waals surface area contributed by atoms with Crippen LogP contribution in [0.25, 0.3) is 0 Å². The fourth-order valence-corrected chi connectivity index (χ4v) is 1.30. The monoisotopic (exact) mass is 187 g/mol. The summed E-state index contributed by atoms with van der Waals surface area (Å²) in [6.45, 7) is 2.18. The first-order valence-electron chi connectivity index (χ1n) is 5.01. The third-order valence-corrected chi connectivity index (χ3v) is 2.18. The van der Waals surface area contributed by atoms with E-state index >= 15 is 0 Å². The van der Waals surface area contributed by atoms with Crippen LogP contribution in [0.1, 0.15) is 39.0 Å². The molecule has 0 amide bonds. The summed E-state index contributed by atoms with van der Waals surface area (Å²) in [5.74, 6) is -0.154. The Bertz CT molecular complexity index is 137. The van der Waals surface area contributed by atoms with Crippen molar-refractivity contribution in [2.24, 2.45) is 0 Å². The molecule has 0 spiro atoms. The summed E-state index contributed by atoms with van der Waals surface area (Å²) in [5.41, 5.74) is 0.